The summed E-state index contributed by atoms with van der Waals surface area (Å²) in [4.78, 5) is 12.4. The largest absolute Gasteiger partial charge is 0.412 e. The number of hydrogen-bond donors (Lipinski definition) is 2. The Bertz CT molecular complexity index is 764. The minimum atomic E-state index is -0.00311. The molecule has 2 atom stereocenters. The van der Waals surface area contributed by atoms with Gasteiger partial charge in [0.1, 0.15) is 0 Å². The Labute approximate surface area is 205 Å². The summed E-state index contributed by atoms with van der Waals surface area (Å²) in [5, 5.41) is 3.11. The zero-order chi connectivity index (χ0) is 21.9. The van der Waals surface area contributed by atoms with Gasteiger partial charge in [0.15, 0.2) is 0 Å². The Morgan fingerprint density at radius 1 is 1.03 bits per heavy atom. The van der Waals surface area contributed by atoms with Gasteiger partial charge in [0.2, 0.25) is 5.91 Å². The summed E-state index contributed by atoms with van der Waals surface area (Å²) in [6.45, 7) is 15.5. The smallest absolute Gasteiger partial charge is 0.220 e. The lowest BCUT2D eigenvalue weighted by molar-refractivity contribution is -0.121. The Hall–Kier alpha value is -1.88. The monoisotopic (exact) mass is 470 g/mol. The maximum Gasteiger partial charge on any atom is 0.220 e. The van der Waals surface area contributed by atoms with Crippen LogP contribution in [-0.4, -0.2) is 17.9 Å². The third-order valence-corrected chi connectivity index (χ3v) is 6.02. The molecule has 32 heavy (non-hydrogen) atoms. The van der Waals surface area contributed by atoms with Crippen LogP contribution >= 0.6 is 12.4 Å². The second-order valence-corrected chi connectivity index (χ2v) is 7.28. The molecule has 6 N–H and O–H groups in total. The minimum Gasteiger partial charge on any atom is -0.412 e. The summed E-state index contributed by atoms with van der Waals surface area (Å²) in [6, 6.07) is 17.5. The first kappa shape index (κ1) is 34.7. The van der Waals surface area contributed by atoms with Crippen LogP contribution in [0, 0.1) is 6.92 Å². The molecule has 3 rings (SSSR count). The van der Waals surface area contributed by atoms with Crippen LogP contribution in [0.4, 0.5) is 0 Å². The molecule has 1 aliphatic rings. The number of benzene rings is 2. The molecule has 1 heterocycles. The van der Waals surface area contributed by atoms with Crippen LogP contribution in [0.2, 0.25) is 0 Å². The lowest BCUT2D eigenvalue weighted by atomic mass is 9.62. The van der Waals surface area contributed by atoms with Gasteiger partial charge in [-0.3, -0.25) is 4.79 Å². The van der Waals surface area contributed by atoms with E-state index in [2.05, 4.69) is 74.6 Å². The molecule has 0 unspecified atom stereocenters. The van der Waals surface area contributed by atoms with Crippen molar-refractivity contribution < 1.29 is 13.1 Å². The summed E-state index contributed by atoms with van der Waals surface area (Å²) in [5.74, 6) is 0.388. The topological polar surface area (TPSA) is 95.6 Å². The molecule has 5 heteroatoms. The van der Waals surface area contributed by atoms with E-state index in [9.17, 15) is 4.79 Å². The van der Waals surface area contributed by atoms with Gasteiger partial charge in [-0.2, -0.15) is 0 Å². The second-order valence-electron chi connectivity index (χ2n) is 7.28. The first-order valence-electron chi connectivity index (χ1n) is 11.5. The highest BCUT2D eigenvalue weighted by atomic mass is 35.5. The van der Waals surface area contributed by atoms with E-state index in [0.717, 1.165) is 25.8 Å². The van der Waals surface area contributed by atoms with Gasteiger partial charge in [-0.25, -0.2) is 0 Å². The van der Waals surface area contributed by atoms with Crippen molar-refractivity contribution in [2.45, 2.75) is 85.5 Å². The van der Waals surface area contributed by atoms with Crippen molar-refractivity contribution in [2.24, 2.45) is 0 Å². The quantitative estimate of drug-likeness (QED) is 0.493. The lowest BCUT2D eigenvalue weighted by Gasteiger charge is -2.41. The van der Waals surface area contributed by atoms with Crippen molar-refractivity contribution in [1.29, 1.82) is 0 Å². The van der Waals surface area contributed by atoms with E-state index in [1.165, 1.54) is 22.3 Å². The number of aryl methyl sites for hydroxylation is 2. The van der Waals surface area contributed by atoms with Gasteiger partial charge in [-0.15, -0.1) is 12.4 Å². The standard InChI is InChI=1S/C23H29NO.2C2H6.ClH.H3N.H2O.2H2/c1-4-18-11-12-20(17(3)15-18)23(5-2)13-14-24-22(25)16-21(23)19-9-7-6-8-10-19;2*1-2;;;;;/h6-12,15,21H,4-5,13-14,16H2,1-3H3,(H,24,25);2*1-2H3;1H;1H3;1H2;2*1H/t21-,23+;;;;;;;/m0......./s1. The molecule has 2 aromatic carbocycles. The highest BCUT2D eigenvalue weighted by Crippen LogP contribution is 2.48. The average molecular weight is 471 g/mol. The van der Waals surface area contributed by atoms with Crippen LogP contribution in [0.25, 0.3) is 0 Å². The van der Waals surface area contributed by atoms with E-state index in [-0.39, 0.29) is 44.1 Å². The SMILES string of the molecule is CC.CC.CCc1ccc([C@@]2(CC)CCNC(=O)C[C@H]2c2ccccc2)c(C)c1.Cl.N.O.[HH].[HH]. The van der Waals surface area contributed by atoms with E-state index in [0.29, 0.717) is 6.42 Å². The summed E-state index contributed by atoms with van der Waals surface area (Å²) < 4.78 is 0. The predicted molar refractivity (Wildman–Crippen MR) is 147 cm³/mol. The number of amides is 1. The summed E-state index contributed by atoms with van der Waals surface area (Å²) in [7, 11) is 0. The average Bonchev–Trinajstić information content (AvgIpc) is 2.96. The maximum atomic E-state index is 12.4. The molecule has 188 valence electrons. The molecule has 0 bridgehead atoms. The zero-order valence-electron chi connectivity index (χ0n) is 21.3. The van der Waals surface area contributed by atoms with Crippen LogP contribution in [0.3, 0.4) is 0 Å². The third kappa shape index (κ3) is 7.91. The maximum absolute atomic E-state index is 12.4. The summed E-state index contributed by atoms with van der Waals surface area (Å²) >= 11 is 0. The summed E-state index contributed by atoms with van der Waals surface area (Å²) in [6.07, 6.45) is 3.64. The van der Waals surface area contributed by atoms with Gasteiger partial charge in [0.05, 0.1) is 0 Å². The Kier molecular flexibility index (Phi) is 19.2. The molecular weight excluding hydrogens is 420 g/mol. The molecular formula is C27H51ClN2O2. The molecule has 1 saturated heterocycles. The van der Waals surface area contributed by atoms with E-state index in [4.69, 9.17) is 0 Å². The van der Waals surface area contributed by atoms with E-state index < -0.39 is 0 Å². The van der Waals surface area contributed by atoms with Gasteiger partial charge in [-0.05, 0) is 48.4 Å². The molecule has 0 aliphatic carbocycles. The van der Waals surface area contributed by atoms with Crippen LogP contribution in [0.15, 0.2) is 48.5 Å². The van der Waals surface area contributed by atoms with Crippen molar-refractivity contribution in [2.75, 3.05) is 6.54 Å². The molecule has 0 radical (unpaired) electrons. The van der Waals surface area contributed by atoms with E-state index in [1.54, 1.807) is 0 Å². The second kappa shape index (κ2) is 17.6. The van der Waals surface area contributed by atoms with Crippen molar-refractivity contribution in [3.63, 3.8) is 0 Å². The van der Waals surface area contributed by atoms with Crippen molar-refractivity contribution >= 4 is 18.3 Å². The third-order valence-electron chi connectivity index (χ3n) is 6.02. The number of hydrogen-bond acceptors (Lipinski definition) is 2. The van der Waals surface area contributed by atoms with Gasteiger partial charge in [0, 0.05) is 27.2 Å². The molecule has 0 spiro atoms. The van der Waals surface area contributed by atoms with E-state index in [1.807, 2.05) is 27.7 Å². The van der Waals surface area contributed by atoms with Crippen LogP contribution in [0.5, 0.6) is 0 Å². The molecule has 0 aromatic heterocycles. The molecule has 1 amide bonds. The number of nitrogens with one attached hydrogen (secondary N) is 1. The van der Waals surface area contributed by atoms with Crippen LogP contribution in [-0.2, 0) is 16.6 Å². The van der Waals surface area contributed by atoms with E-state index >= 15 is 0 Å². The van der Waals surface area contributed by atoms with Crippen LogP contribution in [0.1, 0.15) is 91.8 Å². The van der Waals surface area contributed by atoms with Gasteiger partial charge in [0.25, 0.3) is 0 Å². The number of carbonyl (C=O) groups excluding carboxylic acids is 1. The Morgan fingerprint density at radius 3 is 2.12 bits per heavy atom. The van der Waals surface area contributed by atoms with Gasteiger partial charge >= 0.3 is 0 Å². The number of carbonyl (C=O) groups is 1. The number of halogens is 1. The molecule has 2 aromatic rings. The van der Waals surface area contributed by atoms with Gasteiger partial charge < -0.3 is 16.9 Å². The molecule has 1 aliphatic heterocycles. The minimum absolute atomic E-state index is 0. The zero-order valence-corrected chi connectivity index (χ0v) is 22.1. The first-order valence-corrected chi connectivity index (χ1v) is 11.5. The number of rotatable bonds is 4. The van der Waals surface area contributed by atoms with Crippen molar-refractivity contribution in [1.82, 2.24) is 11.5 Å². The van der Waals surface area contributed by atoms with Crippen LogP contribution < -0.4 is 11.5 Å². The molecule has 1 fully saturated rings. The fourth-order valence-electron chi connectivity index (χ4n) is 4.61. The Balaban J connectivity index is -0.000000296. The molecule has 4 nitrogen and oxygen atoms in total. The fourth-order valence-corrected chi connectivity index (χ4v) is 4.61. The predicted octanol–water partition coefficient (Wildman–Crippen LogP) is 7.20. The molecule has 0 saturated carbocycles. The van der Waals surface area contributed by atoms with Crippen molar-refractivity contribution in [3.05, 3.63) is 70.8 Å². The highest BCUT2D eigenvalue weighted by molar-refractivity contribution is 5.85. The first-order chi connectivity index (χ1) is 14.1. The highest BCUT2D eigenvalue weighted by Gasteiger charge is 2.42. The van der Waals surface area contributed by atoms with Gasteiger partial charge in [-0.1, -0.05) is 90.1 Å². The van der Waals surface area contributed by atoms with Crippen molar-refractivity contribution in [3.8, 4) is 0 Å². The normalized spacial score (nSPS) is 19.0. The lowest BCUT2D eigenvalue weighted by Crippen LogP contribution is -2.34. The fraction of sp³-hybridized carbons (Fsp3) is 0.519. The summed E-state index contributed by atoms with van der Waals surface area (Å²) in [5.41, 5.74) is 5.43. The Morgan fingerprint density at radius 2 is 1.62 bits per heavy atom.